The molecule has 1 aliphatic rings. The predicted octanol–water partition coefficient (Wildman–Crippen LogP) is -1.86. The van der Waals surface area contributed by atoms with Crippen LogP contribution < -0.4 is 15.8 Å². The number of nitrogens with one attached hydrogen (secondary N) is 2. The van der Waals surface area contributed by atoms with Gasteiger partial charge in [0, 0.05) is 19.0 Å². The monoisotopic (exact) mass is 221 g/mol. The minimum absolute atomic E-state index is 0.0220. The van der Waals surface area contributed by atoms with E-state index in [9.17, 15) is 13.2 Å². The van der Waals surface area contributed by atoms with Crippen molar-refractivity contribution in [3.8, 4) is 0 Å². The second kappa shape index (κ2) is 4.72. The maximum Gasteiger partial charge on any atom is 0.221 e. The summed E-state index contributed by atoms with van der Waals surface area (Å²) in [5, 5.41) is 2.56. The first kappa shape index (κ1) is 11.4. The minimum Gasteiger partial charge on any atom is -0.354 e. The molecule has 7 heteroatoms. The lowest BCUT2D eigenvalue weighted by Gasteiger charge is -2.10. The zero-order chi connectivity index (χ0) is 10.6. The van der Waals surface area contributed by atoms with Gasteiger partial charge in [0.05, 0.1) is 5.75 Å². The number of carbonyl (C=O) groups excluding carboxylic acids is 1. The second-order valence-corrected chi connectivity index (χ2v) is 5.16. The van der Waals surface area contributed by atoms with Gasteiger partial charge in [-0.3, -0.25) is 4.79 Å². The molecule has 1 fully saturated rings. The Morgan fingerprint density at radius 2 is 2.29 bits per heavy atom. The van der Waals surface area contributed by atoms with Crippen LogP contribution in [0.25, 0.3) is 0 Å². The fourth-order valence-electron chi connectivity index (χ4n) is 1.27. The van der Waals surface area contributed by atoms with Gasteiger partial charge in [-0.15, -0.1) is 0 Å². The van der Waals surface area contributed by atoms with Gasteiger partial charge in [-0.25, -0.2) is 13.1 Å². The third-order valence-corrected chi connectivity index (χ3v) is 3.46. The fraction of sp³-hybridized carbons (Fsp3) is 0.857. The molecule has 0 saturated carbocycles. The molecule has 1 saturated heterocycles. The van der Waals surface area contributed by atoms with E-state index in [2.05, 4.69) is 10.0 Å². The highest BCUT2D eigenvalue weighted by Gasteiger charge is 2.25. The number of hydrogen-bond acceptors (Lipinski definition) is 4. The van der Waals surface area contributed by atoms with Crippen molar-refractivity contribution in [3.63, 3.8) is 0 Å². The van der Waals surface area contributed by atoms with E-state index in [0.717, 1.165) is 0 Å². The van der Waals surface area contributed by atoms with E-state index in [1.54, 1.807) is 0 Å². The van der Waals surface area contributed by atoms with Crippen LogP contribution in [0.4, 0.5) is 0 Å². The first-order chi connectivity index (χ1) is 6.53. The van der Waals surface area contributed by atoms with Gasteiger partial charge in [0.25, 0.3) is 0 Å². The van der Waals surface area contributed by atoms with E-state index in [1.807, 2.05) is 0 Å². The Morgan fingerprint density at radius 1 is 1.57 bits per heavy atom. The summed E-state index contributed by atoms with van der Waals surface area (Å²) in [4.78, 5) is 10.8. The molecule has 82 valence electrons. The maximum atomic E-state index is 11.3. The molecule has 6 nitrogen and oxygen atoms in total. The third-order valence-electron chi connectivity index (χ3n) is 1.94. The Kier molecular flexibility index (Phi) is 3.85. The number of sulfonamides is 1. The van der Waals surface area contributed by atoms with Gasteiger partial charge in [0.2, 0.25) is 15.9 Å². The molecule has 0 aliphatic carbocycles. The molecule has 1 unspecified atom stereocenters. The van der Waals surface area contributed by atoms with Gasteiger partial charge >= 0.3 is 0 Å². The van der Waals surface area contributed by atoms with Crippen molar-refractivity contribution in [2.45, 2.75) is 18.9 Å². The molecule has 0 aromatic heterocycles. The molecule has 1 rings (SSSR count). The average Bonchev–Trinajstić information content (AvgIpc) is 2.47. The van der Waals surface area contributed by atoms with Crippen LogP contribution in [0.5, 0.6) is 0 Å². The number of carbonyl (C=O) groups is 1. The molecule has 1 heterocycles. The molecule has 0 aromatic carbocycles. The summed E-state index contributed by atoms with van der Waals surface area (Å²) in [6.45, 7) is 0.726. The summed E-state index contributed by atoms with van der Waals surface area (Å²) in [7, 11) is -3.27. The lowest BCUT2D eigenvalue weighted by molar-refractivity contribution is -0.119. The summed E-state index contributed by atoms with van der Waals surface area (Å²) in [6.07, 6.45) is 0.658. The third kappa shape index (κ3) is 3.60. The van der Waals surface area contributed by atoms with Gasteiger partial charge in [-0.05, 0) is 13.0 Å². The Hall–Kier alpha value is -0.660. The molecular weight excluding hydrogens is 206 g/mol. The van der Waals surface area contributed by atoms with E-state index in [-0.39, 0.29) is 24.1 Å². The molecule has 1 amide bonds. The average molecular weight is 221 g/mol. The molecule has 1 aliphatic heterocycles. The van der Waals surface area contributed by atoms with E-state index in [0.29, 0.717) is 19.5 Å². The van der Waals surface area contributed by atoms with E-state index < -0.39 is 10.0 Å². The van der Waals surface area contributed by atoms with Crippen molar-refractivity contribution < 1.29 is 13.2 Å². The minimum atomic E-state index is -3.27. The first-order valence-corrected chi connectivity index (χ1v) is 6.15. The largest absolute Gasteiger partial charge is 0.354 e. The van der Waals surface area contributed by atoms with Crippen LogP contribution in [0.15, 0.2) is 0 Å². The number of hydrogen-bond donors (Lipinski definition) is 3. The summed E-state index contributed by atoms with van der Waals surface area (Å²) >= 11 is 0. The van der Waals surface area contributed by atoms with Crippen molar-refractivity contribution in [1.29, 1.82) is 0 Å². The standard InChI is InChI=1S/C7H15N3O3S/c8-2-1-3-14(12,13)10-6-4-7(11)9-5-6/h6,10H,1-5,8H2,(H,9,11). The van der Waals surface area contributed by atoms with Crippen LogP contribution in [-0.2, 0) is 14.8 Å². The number of rotatable bonds is 5. The molecule has 0 aromatic rings. The quantitative estimate of drug-likeness (QED) is 0.507. The number of nitrogens with two attached hydrogens (primary N) is 1. The van der Waals surface area contributed by atoms with Gasteiger partial charge in [0.15, 0.2) is 0 Å². The summed E-state index contributed by atoms with van der Waals surface area (Å²) in [5.74, 6) is -0.0923. The Bertz CT molecular complexity index is 301. The SMILES string of the molecule is NCCCS(=O)(=O)NC1CNC(=O)C1. The molecule has 4 N–H and O–H groups in total. The molecule has 0 spiro atoms. The van der Waals surface area contributed by atoms with Crippen molar-refractivity contribution in [1.82, 2.24) is 10.0 Å². The van der Waals surface area contributed by atoms with Crippen LogP contribution in [0.2, 0.25) is 0 Å². The van der Waals surface area contributed by atoms with Crippen LogP contribution in [-0.4, -0.2) is 39.2 Å². The fourth-order valence-corrected chi connectivity index (χ4v) is 2.61. The molecule has 0 radical (unpaired) electrons. The first-order valence-electron chi connectivity index (χ1n) is 4.50. The Labute approximate surface area is 83.3 Å². The zero-order valence-corrected chi connectivity index (χ0v) is 8.64. The summed E-state index contributed by atoms with van der Waals surface area (Å²) in [6, 6.07) is -0.301. The van der Waals surface area contributed by atoms with Gasteiger partial charge in [-0.2, -0.15) is 0 Å². The van der Waals surface area contributed by atoms with Crippen molar-refractivity contribution in [2.75, 3.05) is 18.8 Å². The van der Waals surface area contributed by atoms with Crippen molar-refractivity contribution in [2.24, 2.45) is 5.73 Å². The van der Waals surface area contributed by atoms with Crippen molar-refractivity contribution >= 4 is 15.9 Å². The Morgan fingerprint density at radius 3 is 2.79 bits per heavy atom. The maximum absolute atomic E-state index is 11.3. The summed E-state index contributed by atoms with van der Waals surface area (Å²) in [5.41, 5.74) is 5.21. The predicted molar refractivity (Wildman–Crippen MR) is 52.0 cm³/mol. The van der Waals surface area contributed by atoms with Crippen molar-refractivity contribution in [3.05, 3.63) is 0 Å². The smallest absolute Gasteiger partial charge is 0.221 e. The van der Waals surface area contributed by atoms with E-state index in [1.165, 1.54) is 0 Å². The van der Waals surface area contributed by atoms with E-state index >= 15 is 0 Å². The van der Waals surface area contributed by atoms with Gasteiger partial charge in [0.1, 0.15) is 0 Å². The second-order valence-electron chi connectivity index (χ2n) is 3.28. The highest BCUT2D eigenvalue weighted by Crippen LogP contribution is 2.01. The number of amides is 1. The molecule has 0 bridgehead atoms. The molecule has 1 atom stereocenters. The Balaban J connectivity index is 2.39. The van der Waals surface area contributed by atoms with Gasteiger partial charge in [-0.1, -0.05) is 0 Å². The molecular formula is C7H15N3O3S. The van der Waals surface area contributed by atoms with E-state index in [4.69, 9.17) is 5.73 Å². The van der Waals surface area contributed by atoms with Crippen LogP contribution in [0.3, 0.4) is 0 Å². The zero-order valence-electron chi connectivity index (χ0n) is 7.82. The molecule has 14 heavy (non-hydrogen) atoms. The van der Waals surface area contributed by atoms with Crippen LogP contribution in [0.1, 0.15) is 12.8 Å². The van der Waals surface area contributed by atoms with Gasteiger partial charge < -0.3 is 11.1 Å². The lowest BCUT2D eigenvalue weighted by Crippen LogP contribution is -2.38. The normalized spacial score (nSPS) is 22.4. The highest BCUT2D eigenvalue weighted by atomic mass is 32.2. The summed E-state index contributed by atoms with van der Waals surface area (Å²) < 4.78 is 25.1. The topological polar surface area (TPSA) is 101 Å². The van der Waals surface area contributed by atoms with Crippen LogP contribution in [0, 0.1) is 0 Å². The lowest BCUT2D eigenvalue weighted by atomic mass is 10.3. The van der Waals surface area contributed by atoms with Crippen LogP contribution >= 0.6 is 0 Å². The highest BCUT2D eigenvalue weighted by molar-refractivity contribution is 7.89.